The molecule has 6 nitrogen and oxygen atoms in total. The maximum Gasteiger partial charge on any atom is 0.286 e. The number of nitrogens with zero attached hydrogens (tertiary/aromatic N) is 3. The van der Waals surface area contributed by atoms with Gasteiger partial charge in [0.15, 0.2) is 11.6 Å². The lowest BCUT2D eigenvalue weighted by atomic mass is 10.1. The average Bonchev–Trinajstić information content (AvgIpc) is 3.30. The van der Waals surface area contributed by atoms with Crippen molar-refractivity contribution in [3.63, 3.8) is 0 Å². The van der Waals surface area contributed by atoms with Crippen LogP contribution in [0.25, 0.3) is 0 Å². The molecule has 31 heavy (non-hydrogen) atoms. The minimum atomic E-state index is -2.84. The summed E-state index contributed by atoms with van der Waals surface area (Å²) in [4.78, 5) is 24.4. The molecule has 0 amide bonds. The number of thiophene rings is 1. The van der Waals surface area contributed by atoms with E-state index in [0.717, 1.165) is 23.6 Å². The number of rotatable bonds is 7. The van der Waals surface area contributed by atoms with E-state index in [1.807, 2.05) is 0 Å². The molecule has 0 atom stereocenters. The molecule has 0 bridgehead atoms. The van der Waals surface area contributed by atoms with Gasteiger partial charge in [0.1, 0.15) is 4.34 Å². The van der Waals surface area contributed by atoms with Gasteiger partial charge >= 0.3 is 0 Å². The van der Waals surface area contributed by atoms with Crippen LogP contribution in [0.4, 0.5) is 13.2 Å². The van der Waals surface area contributed by atoms with Crippen molar-refractivity contribution >= 4 is 28.7 Å². The van der Waals surface area contributed by atoms with E-state index in [9.17, 15) is 22.8 Å². The fourth-order valence-corrected chi connectivity index (χ4v) is 3.82. The maximum atomic E-state index is 13.8. The molecular weight excluding hydrogens is 455 g/mol. The van der Waals surface area contributed by atoms with E-state index in [1.165, 1.54) is 16.9 Å². The molecule has 1 N–H and O–H groups in total. The lowest BCUT2D eigenvalue weighted by molar-refractivity contribution is 0.0996. The van der Waals surface area contributed by atoms with Crippen molar-refractivity contribution in [3.8, 4) is 11.8 Å². The molecule has 0 fully saturated rings. The van der Waals surface area contributed by atoms with E-state index in [-0.39, 0.29) is 27.8 Å². The highest BCUT2D eigenvalue weighted by molar-refractivity contribution is 7.18. The van der Waals surface area contributed by atoms with Crippen LogP contribution in [0.2, 0.25) is 4.34 Å². The Bertz CT molecular complexity index is 1220. The molecule has 3 heterocycles. The maximum absolute atomic E-state index is 13.8. The third kappa shape index (κ3) is 5.85. The molecule has 0 saturated heterocycles. The minimum Gasteiger partial charge on any atom is -0.394 e. The zero-order valence-electron chi connectivity index (χ0n) is 15.8. The SMILES string of the molecule is O=C(Cc1cc(F)c(=O)n(CC(F)F)c1)c1cc(C#Cc2cnn(CCO)c2)c(Cl)s1. The van der Waals surface area contributed by atoms with E-state index in [2.05, 4.69) is 16.9 Å². The number of hydrogen-bond acceptors (Lipinski definition) is 5. The molecule has 0 aromatic carbocycles. The van der Waals surface area contributed by atoms with Gasteiger partial charge in [-0.2, -0.15) is 5.10 Å². The standard InChI is InChI=1S/C20H15ClF3N3O3S/c21-19-14(2-1-12-8-25-27(10-12)3-4-28)7-17(31-19)16(29)6-13-5-15(22)20(30)26(9-13)11-18(23)24/h5,7-10,18,28H,3-4,6,11H2. The van der Waals surface area contributed by atoms with E-state index in [1.54, 1.807) is 6.20 Å². The van der Waals surface area contributed by atoms with Crippen molar-refractivity contribution in [2.45, 2.75) is 25.9 Å². The quantitative estimate of drug-likeness (QED) is 0.426. The number of carbonyl (C=O) groups excluding carboxylic acids is 1. The van der Waals surface area contributed by atoms with Crippen molar-refractivity contribution in [3.05, 3.63) is 72.8 Å². The summed E-state index contributed by atoms with van der Waals surface area (Å²) in [7, 11) is 0. The highest BCUT2D eigenvalue weighted by atomic mass is 35.5. The van der Waals surface area contributed by atoms with Crippen LogP contribution in [-0.4, -0.2) is 38.3 Å². The van der Waals surface area contributed by atoms with Crippen molar-refractivity contribution in [2.75, 3.05) is 6.61 Å². The van der Waals surface area contributed by atoms with E-state index >= 15 is 0 Å². The number of alkyl halides is 2. The summed E-state index contributed by atoms with van der Waals surface area (Å²) in [5.41, 5.74) is -0.0640. The molecule has 0 spiro atoms. The third-order valence-corrected chi connectivity index (χ3v) is 5.46. The van der Waals surface area contributed by atoms with Crippen LogP contribution >= 0.6 is 22.9 Å². The summed E-state index contributed by atoms with van der Waals surface area (Å²) in [6.07, 6.45) is 1.10. The second-order valence-corrected chi connectivity index (χ2v) is 8.06. The third-order valence-electron chi connectivity index (χ3n) is 4.06. The fourth-order valence-electron chi connectivity index (χ4n) is 2.70. The Kier molecular flexibility index (Phi) is 7.33. The summed E-state index contributed by atoms with van der Waals surface area (Å²) >= 11 is 7.15. The number of aromatic nitrogens is 3. The Morgan fingerprint density at radius 2 is 2.06 bits per heavy atom. The monoisotopic (exact) mass is 469 g/mol. The predicted octanol–water partition coefficient (Wildman–Crippen LogP) is 2.98. The number of aliphatic hydroxyl groups is 1. The number of halogens is 4. The molecule has 0 unspecified atom stereocenters. The number of hydrogen-bond donors (Lipinski definition) is 1. The summed E-state index contributed by atoms with van der Waals surface area (Å²) in [5.74, 6) is 4.08. The Morgan fingerprint density at radius 3 is 2.77 bits per heavy atom. The number of aliphatic hydroxyl groups excluding tert-OH is 1. The lowest BCUT2D eigenvalue weighted by Crippen LogP contribution is -2.26. The number of carbonyl (C=O) groups is 1. The molecule has 0 radical (unpaired) electrons. The second kappa shape index (κ2) is 9.96. The first-order chi connectivity index (χ1) is 14.8. The zero-order chi connectivity index (χ0) is 22.5. The molecule has 3 rings (SSSR count). The molecule has 162 valence electrons. The van der Waals surface area contributed by atoms with Crippen LogP contribution < -0.4 is 5.56 Å². The molecule has 11 heteroatoms. The Hall–Kier alpha value is -2.87. The van der Waals surface area contributed by atoms with Crippen molar-refractivity contribution in [1.82, 2.24) is 14.3 Å². The van der Waals surface area contributed by atoms with Crippen molar-refractivity contribution in [2.24, 2.45) is 0 Å². The lowest BCUT2D eigenvalue weighted by Gasteiger charge is -2.08. The summed E-state index contributed by atoms with van der Waals surface area (Å²) in [6, 6.07) is 2.36. The van der Waals surface area contributed by atoms with Crippen molar-refractivity contribution in [1.29, 1.82) is 0 Å². The smallest absolute Gasteiger partial charge is 0.286 e. The van der Waals surface area contributed by atoms with E-state index in [4.69, 9.17) is 16.7 Å². The van der Waals surface area contributed by atoms with Gasteiger partial charge in [-0.1, -0.05) is 23.4 Å². The van der Waals surface area contributed by atoms with Gasteiger partial charge < -0.3 is 9.67 Å². The number of Topliss-reactive ketones (excluding diaryl/α,β-unsaturated/α-hetero) is 1. The van der Waals surface area contributed by atoms with Gasteiger partial charge in [0.05, 0.1) is 41.9 Å². The molecule has 0 saturated carbocycles. The predicted molar refractivity (Wildman–Crippen MR) is 109 cm³/mol. The van der Waals surface area contributed by atoms with Crippen molar-refractivity contribution < 1.29 is 23.1 Å². The largest absolute Gasteiger partial charge is 0.394 e. The van der Waals surface area contributed by atoms with Gasteiger partial charge in [0.25, 0.3) is 12.0 Å². The summed E-state index contributed by atoms with van der Waals surface area (Å²) in [5, 5.41) is 12.9. The average molecular weight is 470 g/mol. The first-order valence-corrected chi connectivity index (χ1v) is 10.1. The minimum absolute atomic E-state index is 0.0556. The van der Waals surface area contributed by atoms with E-state index < -0.39 is 30.1 Å². The number of pyridine rings is 1. The Balaban J connectivity index is 1.77. The molecule has 3 aromatic heterocycles. The van der Waals surface area contributed by atoms with E-state index in [0.29, 0.717) is 22.2 Å². The summed E-state index contributed by atoms with van der Waals surface area (Å²) in [6.45, 7) is -0.679. The van der Waals surface area contributed by atoms with Crippen LogP contribution in [0.1, 0.15) is 26.4 Å². The highest BCUT2D eigenvalue weighted by Crippen LogP contribution is 2.28. The van der Waals surface area contributed by atoms with Gasteiger partial charge in [-0.25, -0.2) is 13.2 Å². The van der Waals surface area contributed by atoms with Crippen LogP contribution in [0.5, 0.6) is 0 Å². The van der Waals surface area contributed by atoms with Gasteiger partial charge in [0.2, 0.25) is 0 Å². The summed E-state index contributed by atoms with van der Waals surface area (Å²) < 4.78 is 41.3. The second-order valence-electron chi connectivity index (χ2n) is 6.41. The fraction of sp³-hybridized carbons (Fsp3) is 0.250. The zero-order valence-corrected chi connectivity index (χ0v) is 17.4. The van der Waals surface area contributed by atoms with Gasteiger partial charge in [0, 0.05) is 18.8 Å². The van der Waals surface area contributed by atoms with Gasteiger partial charge in [-0.15, -0.1) is 11.3 Å². The normalized spacial score (nSPS) is 10.9. The highest BCUT2D eigenvalue weighted by Gasteiger charge is 2.16. The van der Waals surface area contributed by atoms with Crippen LogP contribution in [0.15, 0.2) is 35.5 Å². The topological polar surface area (TPSA) is 77.1 Å². The molecule has 0 aliphatic heterocycles. The van der Waals surface area contributed by atoms with Gasteiger partial charge in [-0.3, -0.25) is 14.3 Å². The Labute approximate surface area is 183 Å². The van der Waals surface area contributed by atoms with Crippen LogP contribution in [0, 0.1) is 17.7 Å². The molecule has 0 aliphatic rings. The van der Waals surface area contributed by atoms with Crippen LogP contribution in [-0.2, 0) is 19.5 Å². The van der Waals surface area contributed by atoms with Crippen LogP contribution in [0.3, 0.4) is 0 Å². The first kappa shape index (κ1) is 22.8. The molecular formula is C20H15ClF3N3O3S. The number of ketones is 1. The molecule has 3 aromatic rings. The first-order valence-electron chi connectivity index (χ1n) is 8.91. The van der Waals surface area contributed by atoms with Gasteiger partial charge in [-0.05, 0) is 17.7 Å². The molecule has 0 aliphatic carbocycles. The Morgan fingerprint density at radius 1 is 1.29 bits per heavy atom.